The third kappa shape index (κ3) is 3.61. The number of ether oxygens (including phenoxy) is 1. The number of anilines is 2. The van der Waals surface area contributed by atoms with E-state index in [4.69, 9.17) is 4.74 Å². The molecule has 2 amide bonds. The molecule has 7 nitrogen and oxygen atoms in total. The number of benzene rings is 1. The Labute approximate surface area is 152 Å². The molecule has 2 N–H and O–H groups in total. The zero-order valence-corrected chi connectivity index (χ0v) is 15.0. The molecule has 0 saturated heterocycles. The quantitative estimate of drug-likeness (QED) is 0.862. The average molecular weight is 354 g/mol. The second-order valence-electron chi connectivity index (χ2n) is 6.45. The van der Waals surface area contributed by atoms with Crippen LogP contribution in [-0.4, -0.2) is 41.5 Å². The van der Waals surface area contributed by atoms with E-state index in [1.165, 1.54) is 13.3 Å². The largest absolute Gasteiger partial charge is 0.481 e. The number of nitrogens with zero attached hydrogens (tertiary/aromatic N) is 2. The number of fused-ring (bicyclic) bond motifs is 1. The van der Waals surface area contributed by atoms with Crippen molar-refractivity contribution < 1.29 is 14.3 Å². The Hall–Kier alpha value is -3.09. The molecule has 0 spiro atoms. The highest BCUT2D eigenvalue weighted by Crippen LogP contribution is 2.28. The topological polar surface area (TPSA) is 83.6 Å². The fourth-order valence-corrected chi connectivity index (χ4v) is 2.94. The number of hydrogen-bond donors (Lipinski definition) is 2. The lowest BCUT2D eigenvalue weighted by molar-refractivity contribution is -0.117. The van der Waals surface area contributed by atoms with Crippen molar-refractivity contribution in [1.82, 2.24) is 9.88 Å². The summed E-state index contributed by atoms with van der Waals surface area (Å²) in [7, 11) is 1.53. The number of aromatic nitrogens is 1. The number of amides is 2. The summed E-state index contributed by atoms with van der Waals surface area (Å²) in [4.78, 5) is 31.0. The first-order valence-electron chi connectivity index (χ1n) is 8.46. The molecule has 0 radical (unpaired) electrons. The Balaban J connectivity index is 1.75. The van der Waals surface area contributed by atoms with E-state index in [2.05, 4.69) is 15.6 Å². The molecule has 2 heterocycles. The molecule has 0 bridgehead atoms. The Morgan fingerprint density at radius 1 is 1.31 bits per heavy atom. The van der Waals surface area contributed by atoms with Gasteiger partial charge in [-0.25, -0.2) is 4.98 Å². The Morgan fingerprint density at radius 3 is 2.73 bits per heavy atom. The zero-order chi connectivity index (χ0) is 18.7. The number of pyridine rings is 1. The number of nitrogens with one attached hydrogen (secondary N) is 2. The van der Waals surface area contributed by atoms with Gasteiger partial charge in [0, 0.05) is 11.8 Å². The van der Waals surface area contributed by atoms with Gasteiger partial charge in [0.05, 0.1) is 24.6 Å². The molecule has 136 valence electrons. The molecule has 7 heteroatoms. The number of para-hydroxylation sites is 1. The fraction of sp³-hybridized carbons (Fsp3) is 0.316. The summed E-state index contributed by atoms with van der Waals surface area (Å²) < 4.78 is 5.00. The Morgan fingerprint density at radius 2 is 2.08 bits per heavy atom. The van der Waals surface area contributed by atoms with Crippen molar-refractivity contribution in [2.24, 2.45) is 5.92 Å². The van der Waals surface area contributed by atoms with Crippen LogP contribution >= 0.6 is 0 Å². The number of carbonyl (C=O) groups excluding carboxylic acids is 2. The molecule has 26 heavy (non-hydrogen) atoms. The predicted octanol–water partition coefficient (Wildman–Crippen LogP) is 2.58. The van der Waals surface area contributed by atoms with Crippen LogP contribution in [0.3, 0.4) is 0 Å². The molecule has 1 aromatic heterocycles. The average Bonchev–Trinajstić information content (AvgIpc) is 2.64. The van der Waals surface area contributed by atoms with Crippen molar-refractivity contribution in [2.75, 3.05) is 24.3 Å². The molecule has 1 aromatic carbocycles. The van der Waals surface area contributed by atoms with E-state index in [-0.39, 0.29) is 30.4 Å². The van der Waals surface area contributed by atoms with Gasteiger partial charge in [0.15, 0.2) is 0 Å². The normalized spacial score (nSPS) is 16.1. The van der Waals surface area contributed by atoms with E-state index >= 15 is 0 Å². The highest BCUT2D eigenvalue weighted by molar-refractivity contribution is 6.04. The van der Waals surface area contributed by atoms with E-state index in [9.17, 15) is 9.59 Å². The summed E-state index contributed by atoms with van der Waals surface area (Å²) in [6, 6.07) is 10.7. The SMILES string of the molecule is COc1ccc(NC(=O)CN2C(=O)c3ccccc3NC2C(C)C)cn1. The van der Waals surface area contributed by atoms with Gasteiger partial charge in [-0.3, -0.25) is 9.59 Å². The minimum atomic E-state index is -0.280. The minimum Gasteiger partial charge on any atom is -0.481 e. The van der Waals surface area contributed by atoms with Gasteiger partial charge in [0.1, 0.15) is 12.7 Å². The summed E-state index contributed by atoms with van der Waals surface area (Å²) in [5.74, 6) is 0.177. The molecule has 0 fully saturated rings. The van der Waals surface area contributed by atoms with Crippen molar-refractivity contribution in [1.29, 1.82) is 0 Å². The van der Waals surface area contributed by atoms with Gasteiger partial charge in [-0.15, -0.1) is 0 Å². The van der Waals surface area contributed by atoms with Gasteiger partial charge in [-0.2, -0.15) is 0 Å². The molecule has 1 aliphatic heterocycles. The highest BCUT2D eigenvalue weighted by atomic mass is 16.5. The molecule has 1 aliphatic rings. The molecule has 2 aromatic rings. The summed E-state index contributed by atoms with van der Waals surface area (Å²) in [5.41, 5.74) is 1.92. The first-order valence-corrected chi connectivity index (χ1v) is 8.46. The summed E-state index contributed by atoms with van der Waals surface area (Å²) in [6.45, 7) is 3.98. The molecular formula is C19H22N4O3. The standard InChI is InChI=1S/C19H22N4O3/c1-12(2)18-22-15-7-5-4-6-14(15)19(25)23(18)11-16(24)21-13-8-9-17(26-3)20-10-13/h4-10,12,18,22H,11H2,1-3H3,(H,21,24). The second kappa shape index (κ2) is 7.43. The molecular weight excluding hydrogens is 332 g/mol. The van der Waals surface area contributed by atoms with Gasteiger partial charge in [-0.1, -0.05) is 26.0 Å². The van der Waals surface area contributed by atoms with Crippen LogP contribution in [0.25, 0.3) is 0 Å². The van der Waals surface area contributed by atoms with Crippen LogP contribution in [0.4, 0.5) is 11.4 Å². The molecule has 1 unspecified atom stereocenters. The van der Waals surface area contributed by atoms with Crippen LogP contribution in [0, 0.1) is 5.92 Å². The molecule has 0 saturated carbocycles. The number of carbonyl (C=O) groups is 2. The van der Waals surface area contributed by atoms with E-state index in [1.54, 1.807) is 23.1 Å². The van der Waals surface area contributed by atoms with Gasteiger partial charge >= 0.3 is 0 Å². The number of hydrogen-bond acceptors (Lipinski definition) is 5. The van der Waals surface area contributed by atoms with Gasteiger partial charge in [0.25, 0.3) is 5.91 Å². The Bertz CT molecular complexity index is 805. The van der Waals surface area contributed by atoms with E-state index < -0.39 is 0 Å². The summed E-state index contributed by atoms with van der Waals surface area (Å²) in [6.07, 6.45) is 1.26. The van der Waals surface area contributed by atoms with Crippen molar-refractivity contribution in [3.8, 4) is 5.88 Å². The van der Waals surface area contributed by atoms with Crippen LogP contribution in [-0.2, 0) is 4.79 Å². The lowest BCUT2D eigenvalue weighted by atomic mass is 10.0. The van der Waals surface area contributed by atoms with Gasteiger partial charge in [0.2, 0.25) is 11.8 Å². The van der Waals surface area contributed by atoms with Gasteiger partial charge < -0.3 is 20.3 Å². The third-order valence-corrected chi connectivity index (χ3v) is 4.23. The maximum absolute atomic E-state index is 12.9. The summed E-state index contributed by atoms with van der Waals surface area (Å²) >= 11 is 0. The van der Waals surface area contributed by atoms with Crippen molar-refractivity contribution in [3.05, 3.63) is 48.2 Å². The van der Waals surface area contributed by atoms with Crippen LogP contribution < -0.4 is 15.4 Å². The fourth-order valence-electron chi connectivity index (χ4n) is 2.94. The highest BCUT2D eigenvalue weighted by Gasteiger charge is 2.34. The van der Waals surface area contributed by atoms with Crippen molar-refractivity contribution >= 4 is 23.2 Å². The lowest BCUT2D eigenvalue weighted by Gasteiger charge is -2.39. The molecule has 1 atom stereocenters. The predicted molar refractivity (Wildman–Crippen MR) is 99.1 cm³/mol. The van der Waals surface area contributed by atoms with E-state index in [1.807, 2.05) is 32.0 Å². The van der Waals surface area contributed by atoms with Crippen LogP contribution in [0.5, 0.6) is 5.88 Å². The number of rotatable bonds is 5. The number of methoxy groups -OCH3 is 1. The maximum Gasteiger partial charge on any atom is 0.258 e. The van der Waals surface area contributed by atoms with Crippen LogP contribution in [0.15, 0.2) is 42.6 Å². The minimum absolute atomic E-state index is 0.0466. The molecule has 3 rings (SSSR count). The third-order valence-electron chi connectivity index (χ3n) is 4.23. The first-order chi connectivity index (χ1) is 12.5. The summed E-state index contributed by atoms with van der Waals surface area (Å²) in [5, 5.41) is 6.12. The van der Waals surface area contributed by atoms with Crippen molar-refractivity contribution in [2.45, 2.75) is 20.0 Å². The van der Waals surface area contributed by atoms with Gasteiger partial charge in [-0.05, 0) is 24.1 Å². The molecule has 0 aliphatic carbocycles. The monoisotopic (exact) mass is 354 g/mol. The van der Waals surface area contributed by atoms with Crippen LogP contribution in [0.1, 0.15) is 24.2 Å². The maximum atomic E-state index is 12.9. The Kier molecular flexibility index (Phi) is 5.06. The second-order valence-corrected chi connectivity index (χ2v) is 6.45. The van der Waals surface area contributed by atoms with Crippen LogP contribution in [0.2, 0.25) is 0 Å². The van der Waals surface area contributed by atoms with E-state index in [0.717, 1.165) is 5.69 Å². The zero-order valence-electron chi connectivity index (χ0n) is 15.0. The smallest absolute Gasteiger partial charge is 0.258 e. The lowest BCUT2D eigenvalue weighted by Crippen LogP contribution is -2.53. The van der Waals surface area contributed by atoms with Crippen molar-refractivity contribution in [3.63, 3.8) is 0 Å². The van der Waals surface area contributed by atoms with E-state index in [0.29, 0.717) is 17.1 Å². The first kappa shape index (κ1) is 17.7.